The van der Waals surface area contributed by atoms with Crippen molar-refractivity contribution in [2.24, 2.45) is 0 Å². The van der Waals surface area contributed by atoms with Gasteiger partial charge in [0.05, 0.1) is 18.2 Å². The number of nitrogens with zero attached hydrogens (tertiary/aromatic N) is 2. The normalized spacial score (nSPS) is 16.9. The van der Waals surface area contributed by atoms with Gasteiger partial charge < -0.3 is 24.7 Å². The summed E-state index contributed by atoms with van der Waals surface area (Å²) in [5.41, 5.74) is -1.04. The third-order valence-corrected chi connectivity index (χ3v) is 4.66. The number of H-pyrrole nitrogens is 1. The van der Waals surface area contributed by atoms with Crippen LogP contribution in [0, 0.1) is 5.82 Å². The molecule has 0 amide bonds. The van der Waals surface area contributed by atoms with Gasteiger partial charge in [-0.05, 0) is 24.6 Å². The maximum Gasteiger partial charge on any atom is 0.341 e. The highest BCUT2D eigenvalue weighted by atomic mass is 19.1. The number of aromatic carboxylic acids is 1. The number of anilines is 1. The summed E-state index contributed by atoms with van der Waals surface area (Å²) in [6.07, 6.45) is 3.51. The first kappa shape index (κ1) is 17.2. The van der Waals surface area contributed by atoms with E-state index in [0.717, 1.165) is 24.4 Å². The zero-order valence-corrected chi connectivity index (χ0v) is 14.2. The number of aromatic amines is 1. The van der Waals surface area contributed by atoms with Crippen molar-refractivity contribution < 1.29 is 18.7 Å². The van der Waals surface area contributed by atoms with Crippen LogP contribution < -0.4 is 15.6 Å². The molecule has 1 aliphatic heterocycles. The van der Waals surface area contributed by atoms with Gasteiger partial charge in [-0.2, -0.15) is 0 Å². The van der Waals surface area contributed by atoms with Crippen LogP contribution in [0.4, 0.5) is 10.2 Å². The number of hydrogen-bond donors (Lipinski definition) is 3. The second-order valence-electron chi connectivity index (χ2n) is 6.42. The van der Waals surface area contributed by atoms with E-state index in [1.165, 1.54) is 0 Å². The lowest BCUT2D eigenvalue weighted by atomic mass is 10.2. The number of rotatable bonds is 5. The lowest BCUT2D eigenvalue weighted by Crippen LogP contribution is -2.32. The number of halogens is 1. The van der Waals surface area contributed by atoms with E-state index in [-0.39, 0.29) is 22.9 Å². The third kappa shape index (κ3) is 3.28. The van der Waals surface area contributed by atoms with E-state index in [9.17, 15) is 14.0 Å². The molecule has 1 atom stereocenters. The van der Waals surface area contributed by atoms with E-state index in [2.05, 4.69) is 15.3 Å². The number of carboxylic acids is 1. The Labute approximate surface area is 152 Å². The van der Waals surface area contributed by atoms with Gasteiger partial charge in [-0.25, -0.2) is 14.2 Å². The molecule has 27 heavy (non-hydrogen) atoms. The van der Waals surface area contributed by atoms with Crippen molar-refractivity contribution in [3.8, 4) is 0 Å². The SMILES string of the molecule is O=C(O)c1c[nH]c2nc(N3CCC(NCc4ccco4)C3)c(F)cc2c1=O. The van der Waals surface area contributed by atoms with Gasteiger partial charge >= 0.3 is 5.97 Å². The van der Waals surface area contributed by atoms with Crippen LogP contribution in [0.25, 0.3) is 11.0 Å². The van der Waals surface area contributed by atoms with Gasteiger partial charge in [-0.15, -0.1) is 0 Å². The van der Waals surface area contributed by atoms with Crippen LogP contribution in [-0.4, -0.2) is 40.2 Å². The summed E-state index contributed by atoms with van der Waals surface area (Å²) in [5, 5.41) is 12.3. The summed E-state index contributed by atoms with van der Waals surface area (Å²) in [6.45, 7) is 1.76. The maximum atomic E-state index is 14.6. The quantitative estimate of drug-likeness (QED) is 0.625. The number of hydrogen-bond acceptors (Lipinski definition) is 6. The molecule has 4 rings (SSSR count). The Hall–Kier alpha value is -3.20. The fourth-order valence-electron chi connectivity index (χ4n) is 3.27. The van der Waals surface area contributed by atoms with Crippen molar-refractivity contribution in [2.75, 3.05) is 18.0 Å². The second-order valence-corrected chi connectivity index (χ2v) is 6.42. The van der Waals surface area contributed by atoms with Gasteiger partial charge in [0.2, 0.25) is 5.43 Å². The molecule has 0 radical (unpaired) electrons. The molecule has 1 aliphatic rings. The molecule has 4 heterocycles. The molecule has 1 fully saturated rings. The molecular weight excluding hydrogens is 355 g/mol. The molecule has 0 saturated carbocycles. The van der Waals surface area contributed by atoms with Crippen LogP contribution in [-0.2, 0) is 6.54 Å². The van der Waals surface area contributed by atoms with Crippen LogP contribution in [0.1, 0.15) is 22.5 Å². The fourth-order valence-corrected chi connectivity index (χ4v) is 3.27. The second kappa shape index (κ2) is 6.84. The Morgan fingerprint density at radius 2 is 2.37 bits per heavy atom. The molecule has 1 unspecified atom stereocenters. The van der Waals surface area contributed by atoms with Crippen LogP contribution >= 0.6 is 0 Å². The number of furan rings is 1. The van der Waals surface area contributed by atoms with Crippen LogP contribution in [0.5, 0.6) is 0 Å². The highest BCUT2D eigenvalue weighted by Crippen LogP contribution is 2.24. The maximum absolute atomic E-state index is 14.6. The summed E-state index contributed by atoms with van der Waals surface area (Å²) in [6, 6.07) is 4.90. The Kier molecular flexibility index (Phi) is 4.36. The first-order valence-corrected chi connectivity index (χ1v) is 8.49. The smallest absolute Gasteiger partial charge is 0.341 e. The first-order chi connectivity index (χ1) is 13.0. The van der Waals surface area contributed by atoms with E-state index in [0.29, 0.717) is 19.6 Å². The number of aromatic nitrogens is 2. The van der Waals surface area contributed by atoms with Crippen molar-refractivity contribution in [1.82, 2.24) is 15.3 Å². The summed E-state index contributed by atoms with van der Waals surface area (Å²) < 4.78 is 19.9. The van der Waals surface area contributed by atoms with Crippen molar-refractivity contribution in [2.45, 2.75) is 19.0 Å². The van der Waals surface area contributed by atoms with E-state index < -0.39 is 22.8 Å². The fraction of sp³-hybridized carbons (Fsp3) is 0.278. The number of carbonyl (C=O) groups is 1. The molecule has 0 spiro atoms. The summed E-state index contributed by atoms with van der Waals surface area (Å²) >= 11 is 0. The predicted octanol–water partition coefficient (Wildman–Crippen LogP) is 1.72. The average molecular weight is 372 g/mol. The molecule has 9 heteroatoms. The average Bonchev–Trinajstić information content (AvgIpc) is 3.32. The number of fused-ring (bicyclic) bond motifs is 1. The van der Waals surface area contributed by atoms with Gasteiger partial charge in [-0.3, -0.25) is 4.79 Å². The monoisotopic (exact) mass is 372 g/mol. The van der Waals surface area contributed by atoms with E-state index in [1.54, 1.807) is 11.2 Å². The van der Waals surface area contributed by atoms with Gasteiger partial charge in [0.15, 0.2) is 11.6 Å². The Morgan fingerprint density at radius 3 is 3.11 bits per heavy atom. The topological polar surface area (TPSA) is 111 Å². The zero-order chi connectivity index (χ0) is 19.0. The summed E-state index contributed by atoms with van der Waals surface area (Å²) in [7, 11) is 0. The molecule has 3 aromatic rings. The molecule has 3 N–H and O–H groups in total. The van der Waals surface area contributed by atoms with Gasteiger partial charge in [0.1, 0.15) is 17.0 Å². The molecular formula is C18H17FN4O4. The summed E-state index contributed by atoms with van der Waals surface area (Å²) in [4.78, 5) is 31.9. The predicted molar refractivity (Wildman–Crippen MR) is 95.4 cm³/mol. The van der Waals surface area contributed by atoms with Crippen molar-refractivity contribution >= 4 is 22.8 Å². The van der Waals surface area contributed by atoms with E-state index >= 15 is 0 Å². The molecule has 1 saturated heterocycles. The molecule has 8 nitrogen and oxygen atoms in total. The lowest BCUT2D eigenvalue weighted by Gasteiger charge is -2.19. The molecule has 0 aromatic carbocycles. The highest BCUT2D eigenvalue weighted by molar-refractivity contribution is 5.91. The van der Waals surface area contributed by atoms with Crippen LogP contribution in [0.3, 0.4) is 0 Å². The Balaban J connectivity index is 1.55. The zero-order valence-electron chi connectivity index (χ0n) is 14.2. The third-order valence-electron chi connectivity index (χ3n) is 4.66. The van der Waals surface area contributed by atoms with Crippen molar-refractivity contribution in [1.29, 1.82) is 0 Å². The number of carboxylic acid groups (broad SMARTS) is 1. The Bertz CT molecular complexity index is 1050. The Morgan fingerprint density at radius 1 is 1.52 bits per heavy atom. The standard InChI is InChI=1S/C18H17FN4O4/c19-14-6-12-15(24)13(18(25)26)8-21-16(12)22-17(14)23-4-3-10(9-23)20-7-11-2-1-5-27-11/h1-2,5-6,8,10,20H,3-4,7,9H2,(H,25,26)(H,21,22,24). The van der Waals surface area contributed by atoms with Gasteiger partial charge in [0, 0.05) is 25.3 Å². The van der Waals surface area contributed by atoms with Gasteiger partial charge in [0.25, 0.3) is 0 Å². The largest absolute Gasteiger partial charge is 0.477 e. The molecule has 3 aromatic heterocycles. The van der Waals surface area contributed by atoms with Crippen molar-refractivity contribution in [3.05, 3.63) is 58.0 Å². The van der Waals surface area contributed by atoms with Crippen molar-refractivity contribution in [3.63, 3.8) is 0 Å². The molecule has 0 aliphatic carbocycles. The minimum absolute atomic E-state index is 0.0807. The minimum Gasteiger partial charge on any atom is -0.477 e. The highest BCUT2D eigenvalue weighted by Gasteiger charge is 2.26. The first-order valence-electron chi connectivity index (χ1n) is 8.49. The van der Waals surface area contributed by atoms with Crippen LogP contribution in [0.2, 0.25) is 0 Å². The van der Waals surface area contributed by atoms with E-state index in [4.69, 9.17) is 9.52 Å². The van der Waals surface area contributed by atoms with E-state index in [1.807, 2.05) is 12.1 Å². The molecule has 0 bridgehead atoms. The van der Waals surface area contributed by atoms with Crippen LogP contribution in [0.15, 0.2) is 39.9 Å². The molecule has 140 valence electrons. The van der Waals surface area contributed by atoms with Gasteiger partial charge in [-0.1, -0.05) is 0 Å². The lowest BCUT2D eigenvalue weighted by molar-refractivity contribution is 0.0695. The summed E-state index contributed by atoms with van der Waals surface area (Å²) in [5.74, 6) is -1.05. The number of nitrogens with one attached hydrogen (secondary N) is 2. The minimum atomic E-state index is -1.37. The number of pyridine rings is 2.